The molecule has 0 spiro atoms. The van der Waals surface area contributed by atoms with Crippen LogP contribution in [0, 0.1) is 5.92 Å². The van der Waals surface area contributed by atoms with E-state index in [0.717, 1.165) is 25.2 Å². The van der Waals surface area contributed by atoms with Crippen LogP contribution in [0.4, 0.5) is 4.79 Å². The molecule has 0 radical (unpaired) electrons. The molecule has 0 saturated carbocycles. The molecule has 1 aliphatic rings. The quantitative estimate of drug-likeness (QED) is 0.908. The van der Waals surface area contributed by atoms with Gasteiger partial charge in [-0.2, -0.15) is 0 Å². The minimum Gasteiger partial charge on any atom is -0.445 e. The van der Waals surface area contributed by atoms with E-state index in [1.807, 2.05) is 30.3 Å². The average Bonchev–Trinajstić information content (AvgIpc) is 2.46. The van der Waals surface area contributed by atoms with Crippen molar-refractivity contribution < 1.29 is 9.53 Å². The first-order valence-corrected chi connectivity index (χ1v) is 6.86. The fraction of sp³-hybridized carbons (Fsp3) is 0.533. The molecule has 1 atom stereocenters. The summed E-state index contributed by atoms with van der Waals surface area (Å²) in [5.41, 5.74) is 1.02. The van der Waals surface area contributed by atoms with E-state index in [0.29, 0.717) is 18.6 Å². The van der Waals surface area contributed by atoms with Gasteiger partial charge >= 0.3 is 6.09 Å². The number of piperazine rings is 1. The smallest absolute Gasteiger partial charge is 0.410 e. The summed E-state index contributed by atoms with van der Waals surface area (Å²) in [7, 11) is 0. The van der Waals surface area contributed by atoms with Gasteiger partial charge in [0.15, 0.2) is 0 Å². The van der Waals surface area contributed by atoms with E-state index in [2.05, 4.69) is 19.2 Å². The van der Waals surface area contributed by atoms with Crippen LogP contribution in [0.25, 0.3) is 0 Å². The van der Waals surface area contributed by atoms with Gasteiger partial charge < -0.3 is 15.0 Å². The van der Waals surface area contributed by atoms with Crippen LogP contribution in [0.3, 0.4) is 0 Å². The van der Waals surface area contributed by atoms with E-state index in [1.165, 1.54) is 0 Å². The standard InChI is InChI=1S/C15H22N2O2/c1-12(2)14-10-17(9-8-16-14)15(18)19-11-13-6-4-3-5-7-13/h3-7,12,14,16H,8-11H2,1-2H3/t14-/m1/s1. The van der Waals surface area contributed by atoms with Gasteiger partial charge in [0.05, 0.1) is 0 Å². The predicted molar refractivity (Wildman–Crippen MR) is 74.8 cm³/mol. The van der Waals surface area contributed by atoms with Gasteiger partial charge in [-0.05, 0) is 11.5 Å². The molecule has 1 heterocycles. The maximum atomic E-state index is 12.0. The van der Waals surface area contributed by atoms with E-state index >= 15 is 0 Å². The first-order chi connectivity index (χ1) is 9.16. The minimum absolute atomic E-state index is 0.212. The van der Waals surface area contributed by atoms with Crippen LogP contribution in [-0.2, 0) is 11.3 Å². The number of carbonyl (C=O) groups is 1. The third-order valence-corrected chi connectivity index (χ3v) is 3.47. The molecule has 1 N–H and O–H groups in total. The number of nitrogens with zero attached hydrogens (tertiary/aromatic N) is 1. The van der Waals surface area contributed by atoms with Crippen LogP contribution >= 0.6 is 0 Å². The molecule has 4 nitrogen and oxygen atoms in total. The van der Waals surface area contributed by atoms with Crippen molar-refractivity contribution in [1.82, 2.24) is 10.2 Å². The third kappa shape index (κ3) is 3.96. The summed E-state index contributed by atoms with van der Waals surface area (Å²) in [6.07, 6.45) is -0.212. The molecule has 0 unspecified atom stereocenters. The molecule has 1 saturated heterocycles. The van der Waals surface area contributed by atoms with Gasteiger partial charge in [0.25, 0.3) is 0 Å². The number of benzene rings is 1. The summed E-state index contributed by atoms with van der Waals surface area (Å²) in [6, 6.07) is 10.1. The zero-order valence-electron chi connectivity index (χ0n) is 11.6. The molecule has 1 aliphatic heterocycles. The molecule has 104 valence electrons. The molecule has 0 bridgehead atoms. The summed E-state index contributed by atoms with van der Waals surface area (Å²) in [5.74, 6) is 0.518. The Morgan fingerprint density at radius 2 is 2.16 bits per heavy atom. The molecule has 4 heteroatoms. The van der Waals surface area contributed by atoms with Gasteiger partial charge in [0.2, 0.25) is 0 Å². The van der Waals surface area contributed by atoms with Crippen LogP contribution in [0.1, 0.15) is 19.4 Å². The van der Waals surface area contributed by atoms with E-state index in [-0.39, 0.29) is 6.09 Å². The number of hydrogen-bond acceptors (Lipinski definition) is 3. The second-order valence-corrected chi connectivity index (χ2v) is 5.29. The number of rotatable bonds is 3. The van der Waals surface area contributed by atoms with E-state index < -0.39 is 0 Å². The fourth-order valence-corrected chi connectivity index (χ4v) is 2.20. The fourth-order valence-electron chi connectivity index (χ4n) is 2.20. The SMILES string of the molecule is CC(C)[C@H]1CN(C(=O)OCc2ccccc2)CCN1. The number of hydrogen-bond donors (Lipinski definition) is 1. The highest BCUT2D eigenvalue weighted by Crippen LogP contribution is 2.10. The molecule has 0 aromatic heterocycles. The van der Waals surface area contributed by atoms with E-state index in [1.54, 1.807) is 4.90 Å². The van der Waals surface area contributed by atoms with Crippen LogP contribution < -0.4 is 5.32 Å². The van der Waals surface area contributed by atoms with Gasteiger partial charge in [-0.1, -0.05) is 44.2 Å². The van der Waals surface area contributed by atoms with Gasteiger partial charge in [-0.3, -0.25) is 0 Å². The molecule has 1 amide bonds. The highest BCUT2D eigenvalue weighted by Gasteiger charge is 2.25. The Kier molecular flexibility index (Phi) is 4.80. The Morgan fingerprint density at radius 1 is 1.42 bits per heavy atom. The first kappa shape index (κ1) is 13.9. The van der Waals surface area contributed by atoms with E-state index in [4.69, 9.17) is 4.74 Å². The lowest BCUT2D eigenvalue weighted by Gasteiger charge is -2.35. The first-order valence-electron chi connectivity index (χ1n) is 6.86. The summed E-state index contributed by atoms with van der Waals surface area (Å²) in [6.45, 7) is 6.95. The number of amides is 1. The monoisotopic (exact) mass is 262 g/mol. The highest BCUT2D eigenvalue weighted by atomic mass is 16.6. The van der Waals surface area contributed by atoms with Crippen molar-refractivity contribution in [2.75, 3.05) is 19.6 Å². The summed E-state index contributed by atoms with van der Waals surface area (Å²) in [5, 5.41) is 3.43. The Bertz CT molecular complexity index is 406. The van der Waals surface area contributed by atoms with Crippen molar-refractivity contribution >= 4 is 6.09 Å². The normalized spacial score (nSPS) is 19.5. The Labute approximate surface area is 114 Å². The van der Waals surface area contributed by atoms with Crippen LogP contribution in [0.2, 0.25) is 0 Å². The molecule has 0 aliphatic carbocycles. The Hall–Kier alpha value is -1.55. The second-order valence-electron chi connectivity index (χ2n) is 5.29. The lowest BCUT2D eigenvalue weighted by molar-refractivity contribution is 0.0809. The second kappa shape index (κ2) is 6.57. The van der Waals surface area contributed by atoms with Crippen LogP contribution in [0.5, 0.6) is 0 Å². The summed E-state index contributed by atoms with van der Waals surface area (Å²) >= 11 is 0. The number of ether oxygens (including phenoxy) is 1. The highest BCUT2D eigenvalue weighted by molar-refractivity contribution is 5.67. The predicted octanol–water partition coefficient (Wildman–Crippen LogP) is 2.25. The summed E-state index contributed by atoms with van der Waals surface area (Å²) in [4.78, 5) is 13.8. The lowest BCUT2D eigenvalue weighted by Crippen LogP contribution is -2.54. The molecule has 1 aromatic rings. The zero-order chi connectivity index (χ0) is 13.7. The maximum absolute atomic E-state index is 12.0. The van der Waals surface area contributed by atoms with Crippen LogP contribution in [-0.4, -0.2) is 36.7 Å². The van der Waals surface area contributed by atoms with Crippen molar-refractivity contribution in [2.45, 2.75) is 26.5 Å². The van der Waals surface area contributed by atoms with Gasteiger partial charge in [0, 0.05) is 25.7 Å². The maximum Gasteiger partial charge on any atom is 0.410 e. The molecule has 19 heavy (non-hydrogen) atoms. The molecular formula is C15H22N2O2. The van der Waals surface area contributed by atoms with Gasteiger partial charge in [0.1, 0.15) is 6.61 Å². The van der Waals surface area contributed by atoms with E-state index in [9.17, 15) is 4.79 Å². The molecule has 1 fully saturated rings. The molecular weight excluding hydrogens is 240 g/mol. The van der Waals surface area contributed by atoms with Crippen molar-refractivity contribution in [1.29, 1.82) is 0 Å². The number of carbonyl (C=O) groups excluding carboxylic acids is 1. The topological polar surface area (TPSA) is 41.6 Å². The summed E-state index contributed by atoms with van der Waals surface area (Å²) < 4.78 is 5.35. The molecule has 2 rings (SSSR count). The Morgan fingerprint density at radius 3 is 2.84 bits per heavy atom. The largest absolute Gasteiger partial charge is 0.445 e. The van der Waals surface area contributed by atoms with Crippen molar-refractivity contribution in [3.8, 4) is 0 Å². The third-order valence-electron chi connectivity index (χ3n) is 3.47. The average molecular weight is 262 g/mol. The molecule has 1 aromatic carbocycles. The van der Waals surface area contributed by atoms with Crippen LogP contribution in [0.15, 0.2) is 30.3 Å². The van der Waals surface area contributed by atoms with Crippen molar-refractivity contribution in [2.24, 2.45) is 5.92 Å². The van der Waals surface area contributed by atoms with Crippen molar-refractivity contribution in [3.63, 3.8) is 0 Å². The van der Waals surface area contributed by atoms with Gasteiger partial charge in [-0.15, -0.1) is 0 Å². The number of nitrogens with one attached hydrogen (secondary N) is 1. The van der Waals surface area contributed by atoms with Crippen molar-refractivity contribution in [3.05, 3.63) is 35.9 Å². The lowest BCUT2D eigenvalue weighted by atomic mass is 10.0. The Balaban J connectivity index is 1.83. The van der Waals surface area contributed by atoms with Gasteiger partial charge in [-0.25, -0.2) is 4.79 Å². The zero-order valence-corrected chi connectivity index (χ0v) is 11.6. The minimum atomic E-state index is -0.212.